The summed E-state index contributed by atoms with van der Waals surface area (Å²) in [5.41, 5.74) is -0.754. The molecule has 94 valence electrons. The van der Waals surface area contributed by atoms with Crippen LogP contribution in [0.2, 0.25) is 0 Å². The predicted molar refractivity (Wildman–Crippen MR) is 65.2 cm³/mol. The standard InChI is InChI=1S/C14H26O2/c15-13(11-12-7-3-1-4-8-12)14(16)9-5-2-6-10-14/h12-13,15-16H,1-11H2. The highest BCUT2D eigenvalue weighted by atomic mass is 16.3. The summed E-state index contributed by atoms with van der Waals surface area (Å²) in [6.07, 6.45) is 11.9. The van der Waals surface area contributed by atoms with E-state index in [-0.39, 0.29) is 0 Å². The van der Waals surface area contributed by atoms with Gasteiger partial charge in [-0.25, -0.2) is 0 Å². The summed E-state index contributed by atoms with van der Waals surface area (Å²) >= 11 is 0. The molecule has 0 saturated heterocycles. The van der Waals surface area contributed by atoms with Gasteiger partial charge in [0.05, 0.1) is 11.7 Å². The zero-order valence-electron chi connectivity index (χ0n) is 10.3. The van der Waals surface area contributed by atoms with Gasteiger partial charge in [-0.3, -0.25) is 0 Å². The van der Waals surface area contributed by atoms with Crippen LogP contribution in [0.25, 0.3) is 0 Å². The van der Waals surface area contributed by atoms with Gasteiger partial charge in [0.25, 0.3) is 0 Å². The van der Waals surface area contributed by atoms with Crippen molar-refractivity contribution in [1.82, 2.24) is 0 Å². The molecule has 2 rings (SSSR count). The van der Waals surface area contributed by atoms with Crippen molar-refractivity contribution in [1.29, 1.82) is 0 Å². The molecule has 2 fully saturated rings. The lowest BCUT2D eigenvalue weighted by molar-refractivity contribution is -0.106. The lowest BCUT2D eigenvalue weighted by Crippen LogP contribution is -2.45. The average Bonchev–Trinajstić information content (AvgIpc) is 2.31. The maximum absolute atomic E-state index is 10.4. The Morgan fingerprint density at radius 2 is 1.50 bits per heavy atom. The SMILES string of the molecule is OC(CC1CCCCC1)C1(O)CCCCC1. The van der Waals surface area contributed by atoms with E-state index >= 15 is 0 Å². The second-order valence-corrected chi connectivity index (χ2v) is 5.92. The first kappa shape index (κ1) is 12.4. The van der Waals surface area contributed by atoms with E-state index in [1.165, 1.54) is 38.5 Å². The lowest BCUT2D eigenvalue weighted by atomic mass is 9.75. The number of aliphatic hydroxyl groups excluding tert-OH is 1. The predicted octanol–water partition coefficient (Wildman–Crippen LogP) is 3.01. The van der Waals surface area contributed by atoms with Gasteiger partial charge in [0.2, 0.25) is 0 Å². The van der Waals surface area contributed by atoms with Crippen molar-refractivity contribution in [2.24, 2.45) is 5.92 Å². The quantitative estimate of drug-likeness (QED) is 0.776. The summed E-state index contributed by atoms with van der Waals surface area (Å²) in [5, 5.41) is 20.7. The molecular formula is C14H26O2. The molecule has 0 aromatic rings. The highest BCUT2D eigenvalue weighted by Gasteiger charge is 2.37. The maximum Gasteiger partial charge on any atom is 0.0905 e. The third kappa shape index (κ3) is 2.98. The van der Waals surface area contributed by atoms with Crippen molar-refractivity contribution < 1.29 is 10.2 Å². The molecule has 2 heteroatoms. The molecule has 0 aliphatic heterocycles. The van der Waals surface area contributed by atoms with E-state index < -0.39 is 11.7 Å². The van der Waals surface area contributed by atoms with Gasteiger partial charge >= 0.3 is 0 Å². The summed E-state index contributed by atoms with van der Waals surface area (Å²) in [7, 11) is 0. The Labute approximate surface area is 99.1 Å². The molecule has 0 aromatic heterocycles. The number of rotatable bonds is 3. The summed E-state index contributed by atoms with van der Waals surface area (Å²) in [6, 6.07) is 0. The third-order valence-electron chi connectivity index (χ3n) is 4.62. The maximum atomic E-state index is 10.4. The van der Waals surface area contributed by atoms with E-state index in [0.717, 1.165) is 32.1 Å². The van der Waals surface area contributed by atoms with Gasteiger partial charge in [-0.2, -0.15) is 0 Å². The van der Waals surface area contributed by atoms with Crippen molar-refractivity contribution in [3.63, 3.8) is 0 Å². The molecule has 0 aromatic carbocycles. The molecule has 1 atom stereocenters. The van der Waals surface area contributed by atoms with Crippen LogP contribution in [0.15, 0.2) is 0 Å². The minimum absolute atomic E-state index is 0.476. The van der Waals surface area contributed by atoms with Crippen molar-refractivity contribution in [3.8, 4) is 0 Å². The first-order valence-electron chi connectivity index (χ1n) is 7.11. The molecule has 0 amide bonds. The molecule has 16 heavy (non-hydrogen) atoms. The molecule has 1 unspecified atom stereocenters. The molecule has 0 bridgehead atoms. The first-order valence-corrected chi connectivity index (χ1v) is 7.11. The van der Waals surface area contributed by atoms with Crippen molar-refractivity contribution in [2.75, 3.05) is 0 Å². The minimum atomic E-state index is -0.754. The molecule has 0 heterocycles. The minimum Gasteiger partial charge on any atom is -0.390 e. The molecule has 0 spiro atoms. The van der Waals surface area contributed by atoms with Crippen LogP contribution in [0.4, 0.5) is 0 Å². The Hall–Kier alpha value is -0.0800. The van der Waals surface area contributed by atoms with Crippen LogP contribution in [-0.4, -0.2) is 21.9 Å². The Balaban J connectivity index is 1.83. The second kappa shape index (κ2) is 5.50. The fourth-order valence-corrected chi connectivity index (χ4v) is 3.46. The number of hydrogen-bond donors (Lipinski definition) is 2. The monoisotopic (exact) mass is 226 g/mol. The van der Waals surface area contributed by atoms with Crippen molar-refractivity contribution in [2.45, 2.75) is 82.3 Å². The molecule has 2 aliphatic carbocycles. The van der Waals surface area contributed by atoms with E-state index in [2.05, 4.69) is 0 Å². The van der Waals surface area contributed by atoms with Crippen LogP contribution in [-0.2, 0) is 0 Å². The molecule has 2 saturated carbocycles. The molecule has 2 N–H and O–H groups in total. The van der Waals surface area contributed by atoms with E-state index in [9.17, 15) is 10.2 Å². The number of hydrogen-bond acceptors (Lipinski definition) is 2. The second-order valence-electron chi connectivity index (χ2n) is 5.92. The number of aliphatic hydroxyl groups is 2. The van der Waals surface area contributed by atoms with Crippen LogP contribution in [0.1, 0.15) is 70.6 Å². The van der Waals surface area contributed by atoms with Crippen molar-refractivity contribution >= 4 is 0 Å². The van der Waals surface area contributed by atoms with E-state index in [1.807, 2.05) is 0 Å². The Bertz CT molecular complexity index is 203. The molecule has 2 nitrogen and oxygen atoms in total. The van der Waals surface area contributed by atoms with E-state index in [0.29, 0.717) is 5.92 Å². The lowest BCUT2D eigenvalue weighted by Gasteiger charge is -2.38. The van der Waals surface area contributed by atoms with Gasteiger partial charge in [0.1, 0.15) is 0 Å². The summed E-state index contributed by atoms with van der Waals surface area (Å²) in [5.74, 6) is 0.662. The molecular weight excluding hydrogens is 200 g/mol. The van der Waals surface area contributed by atoms with E-state index in [1.54, 1.807) is 0 Å². The van der Waals surface area contributed by atoms with Crippen LogP contribution in [0.5, 0.6) is 0 Å². The van der Waals surface area contributed by atoms with E-state index in [4.69, 9.17) is 0 Å². The first-order chi connectivity index (χ1) is 7.71. The van der Waals surface area contributed by atoms with Crippen LogP contribution in [0, 0.1) is 5.92 Å². The molecule has 2 aliphatic rings. The zero-order valence-corrected chi connectivity index (χ0v) is 10.3. The highest BCUT2D eigenvalue weighted by molar-refractivity contribution is 4.90. The van der Waals surface area contributed by atoms with Gasteiger partial charge in [-0.15, -0.1) is 0 Å². The Morgan fingerprint density at radius 1 is 0.938 bits per heavy atom. The normalized spacial score (nSPS) is 28.9. The zero-order chi connectivity index (χ0) is 11.4. The summed E-state index contributed by atoms with van der Waals surface area (Å²) < 4.78 is 0. The highest BCUT2D eigenvalue weighted by Crippen LogP contribution is 2.36. The fourth-order valence-electron chi connectivity index (χ4n) is 3.46. The van der Waals surface area contributed by atoms with Gasteiger partial charge in [0.15, 0.2) is 0 Å². The smallest absolute Gasteiger partial charge is 0.0905 e. The fraction of sp³-hybridized carbons (Fsp3) is 1.00. The third-order valence-corrected chi connectivity index (χ3v) is 4.62. The van der Waals surface area contributed by atoms with Crippen LogP contribution >= 0.6 is 0 Å². The van der Waals surface area contributed by atoms with Gasteiger partial charge in [0, 0.05) is 0 Å². The topological polar surface area (TPSA) is 40.5 Å². The summed E-state index contributed by atoms with van der Waals surface area (Å²) in [6.45, 7) is 0. The van der Waals surface area contributed by atoms with Crippen molar-refractivity contribution in [3.05, 3.63) is 0 Å². The van der Waals surface area contributed by atoms with Crippen LogP contribution < -0.4 is 0 Å². The Morgan fingerprint density at radius 3 is 2.12 bits per heavy atom. The summed E-state index contributed by atoms with van der Waals surface area (Å²) in [4.78, 5) is 0. The van der Waals surface area contributed by atoms with Gasteiger partial charge in [-0.1, -0.05) is 51.4 Å². The average molecular weight is 226 g/mol. The molecule has 0 radical (unpaired) electrons. The van der Waals surface area contributed by atoms with Gasteiger partial charge in [-0.05, 0) is 25.2 Å². The van der Waals surface area contributed by atoms with Crippen LogP contribution in [0.3, 0.4) is 0 Å². The van der Waals surface area contributed by atoms with Gasteiger partial charge < -0.3 is 10.2 Å². The largest absolute Gasteiger partial charge is 0.390 e. The Kier molecular flexibility index (Phi) is 4.26.